The molecule has 1 aromatic carbocycles. The lowest BCUT2D eigenvalue weighted by molar-refractivity contribution is 0.937. The second kappa shape index (κ2) is 3.81. The third kappa shape index (κ3) is 1.57. The molecule has 2 N–H and O–H groups in total. The zero-order chi connectivity index (χ0) is 11.8. The van der Waals surface area contributed by atoms with Gasteiger partial charge in [-0.3, -0.25) is 0 Å². The van der Waals surface area contributed by atoms with Crippen LogP contribution in [0.15, 0.2) is 41.1 Å². The fraction of sp³-hybridized carbons (Fsp3) is 0. The Labute approximate surface area is 105 Å². The van der Waals surface area contributed by atoms with E-state index in [0.29, 0.717) is 11.6 Å². The van der Waals surface area contributed by atoms with Crippen LogP contribution >= 0.6 is 15.9 Å². The van der Waals surface area contributed by atoms with Crippen molar-refractivity contribution in [1.82, 2.24) is 19.6 Å². The Morgan fingerprint density at radius 3 is 2.71 bits per heavy atom. The summed E-state index contributed by atoms with van der Waals surface area (Å²) in [6, 6.07) is 9.80. The fourth-order valence-corrected chi connectivity index (χ4v) is 2.25. The van der Waals surface area contributed by atoms with Gasteiger partial charge in [0, 0.05) is 5.56 Å². The van der Waals surface area contributed by atoms with E-state index in [2.05, 4.69) is 31.0 Å². The van der Waals surface area contributed by atoms with Gasteiger partial charge < -0.3 is 5.73 Å². The molecule has 2 heterocycles. The van der Waals surface area contributed by atoms with Crippen LogP contribution in [-0.2, 0) is 0 Å². The zero-order valence-corrected chi connectivity index (χ0v) is 10.3. The predicted molar refractivity (Wildman–Crippen MR) is 68.3 cm³/mol. The van der Waals surface area contributed by atoms with Crippen LogP contribution in [0.4, 0.5) is 5.95 Å². The third-order valence-electron chi connectivity index (χ3n) is 2.44. The lowest BCUT2D eigenvalue weighted by atomic mass is 10.1. The van der Waals surface area contributed by atoms with Crippen molar-refractivity contribution in [3.05, 3.63) is 41.1 Å². The number of fused-ring (bicyclic) bond motifs is 1. The van der Waals surface area contributed by atoms with Gasteiger partial charge in [0.25, 0.3) is 0 Å². The highest BCUT2D eigenvalue weighted by Crippen LogP contribution is 2.29. The van der Waals surface area contributed by atoms with E-state index in [1.165, 1.54) is 10.8 Å². The number of rotatable bonds is 1. The van der Waals surface area contributed by atoms with Gasteiger partial charge in [-0.15, -0.1) is 0 Å². The maximum Gasteiger partial charge on any atom is 0.223 e. The van der Waals surface area contributed by atoms with Gasteiger partial charge in [-0.1, -0.05) is 30.3 Å². The molecule has 3 aromatic rings. The number of hydrogen-bond donors (Lipinski definition) is 1. The quantitative estimate of drug-likeness (QED) is 0.745. The molecule has 84 valence electrons. The van der Waals surface area contributed by atoms with Crippen LogP contribution < -0.4 is 5.73 Å². The number of aromatic nitrogens is 4. The smallest absolute Gasteiger partial charge is 0.223 e. The summed E-state index contributed by atoms with van der Waals surface area (Å²) in [6.07, 6.45) is 1.45. The Hall–Kier alpha value is -1.95. The minimum atomic E-state index is 0.319. The first-order chi connectivity index (χ1) is 8.27. The number of hydrogen-bond acceptors (Lipinski definition) is 4. The summed E-state index contributed by atoms with van der Waals surface area (Å²) in [4.78, 5) is 8.48. The third-order valence-corrected chi connectivity index (χ3v) is 3.17. The van der Waals surface area contributed by atoms with E-state index in [0.717, 1.165) is 15.7 Å². The van der Waals surface area contributed by atoms with Crippen molar-refractivity contribution in [2.45, 2.75) is 0 Å². The van der Waals surface area contributed by atoms with Crippen LogP contribution in [0.25, 0.3) is 16.9 Å². The van der Waals surface area contributed by atoms with E-state index < -0.39 is 0 Å². The van der Waals surface area contributed by atoms with Crippen LogP contribution in [0.3, 0.4) is 0 Å². The largest absolute Gasteiger partial charge is 0.368 e. The van der Waals surface area contributed by atoms with Crippen molar-refractivity contribution in [2.75, 3.05) is 5.73 Å². The van der Waals surface area contributed by atoms with Crippen LogP contribution in [0.1, 0.15) is 0 Å². The van der Waals surface area contributed by atoms with Gasteiger partial charge in [0.2, 0.25) is 5.95 Å². The normalized spacial score (nSPS) is 10.9. The van der Waals surface area contributed by atoms with E-state index in [1.807, 2.05) is 30.3 Å². The summed E-state index contributed by atoms with van der Waals surface area (Å²) < 4.78 is 2.28. The monoisotopic (exact) mass is 289 g/mol. The summed E-state index contributed by atoms with van der Waals surface area (Å²) in [6.45, 7) is 0. The van der Waals surface area contributed by atoms with Crippen LogP contribution in [0.5, 0.6) is 0 Å². The summed E-state index contributed by atoms with van der Waals surface area (Å²) in [7, 11) is 0. The molecule has 0 bridgehead atoms. The van der Waals surface area contributed by atoms with Crippen LogP contribution in [-0.4, -0.2) is 19.6 Å². The molecule has 0 spiro atoms. The molecule has 0 unspecified atom stereocenters. The van der Waals surface area contributed by atoms with Crippen LogP contribution in [0, 0.1) is 0 Å². The average Bonchev–Trinajstić information content (AvgIpc) is 2.85. The van der Waals surface area contributed by atoms with E-state index >= 15 is 0 Å². The van der Waals surface area contributed by atoms with Crippen LogP contribution in [0.2, 0.25) is 0 Å². The van der Waals surface area contributed by atoms with E-state index in [9.17, 15) is 0 Å². The predicted octanol–water partition coefficient (Wildman–Crippen LogP) is 2.14. The molecular formula is C11H8BrN5. The molecule has 3 rings (SSSR count). The first-order valence-electron chi connectivity index (χ1n) is 4.97. The van der Waals surface area contributed by atoms with Gasteiger partial charge in [0.1, 0.15) is 6.33 Å². The average molecular weight is 290 g/mol. The maximum atomic E-state index is 5.84. The van der Waals surface area contributed by atoms with E-state index in [1.54, 1.807) is 0 Å². The Morgan fingerprint density at radius 2 is 1.94 bits per heavy atom. The molecule has 0 aliphatic carbocycles. The lowest BCUT2D eigenvalue weighted by Gasteiger charge is -2.06. The van der Waals surface area contributed by atoms with Crippen molar-refractivity contribution in [2.24, 2.45) is 0 Å². The first-order valence-corrected chi connectivity index (χ1v) is 5.77. The van der Waals surface area contributed by atoms with Gasteiger partial charge >= 0.3 is 0 Å². The number of anilines is 1. The second-order valence-electron chi connectivity index (χ2n) is 3.49. The molecule has 5 nitrogen and oxygen atoms in total. The molecule has 0 fully saturated rings. The Morgan fingerprint density at radius 1 is 1.18 bits per heavy atom. The highest BCUT2D eigenvalue weighted by atomic mass is 79.9. The number of benzene rings is 1. The molecule has 0 saturated carbocycles. The molecule has 0 aliphatic rings. The maximum absolute atomic E-state index is 5.84. The minimum Gasteiger partial charge on any atom is -0.368 e. The number of halogens is 1. The van der Waals surface area contributed by atoms with Gasteiger partial charge in [-0.05, 0) is 15.9 Å². The molecule has 0 aliphatic heterocycles. The van der Waals surface area contributed by atoms with Crippen molar-refractivity contribution >= 4 is 27.5 Å². The Kier molecular flexibility index (Phi) is 2.29. The minimum absolute atomic E-state index is 0.319. The molecule has 17 heavy (non-hydrogen) atoms. The second-order valence-corrected chi connectivity index (χ2v) is 4.29. The highest BCUT2D eigenvalue weighted by molar-refractivity contribution is 9.10. The Bertz CT molecular complexity index is 677. The topological polar surface area (TPSA) is 69.1 Å². The van der Waals surface area contributed by atoms with E-state index in [-0.39, 0.29) is 0 Å². The van der Waals surface area contributed by atoms with Gasteiger partial charge in [0.15, 0.2) is 5.65 Å². The zero-order valence-electron chi connectivity index (χ0n) is 8.71. The van der Waals surface area contributed by atoms with Crippen molar-refractivity contribution < 1.29 is 0 Å². The lowest BCUT2D eigenvalue weighted by Crippen LogP contribution is -2.04. The van der Waals surface area contributed by atoms with Gasteiger partial charge in [0.05, 0.1) is 10.2 Å². The number of nitrogens with zero attached hydrogens (tertiary/aromatic N) is 4. The fourth-order valence-electron chi connectivity index (χ4n) is 1.66. The number of nitrogens with two attached hydrogens (primary N) is 1. The highest BCUT2D eigenvalue weighted by Gasteiger charge is 2.13. The van der Waals surface area contributed by atoms with Crippen molar-refractivity contribution in [1.29, 1.82) is 0 Å². The van der Waals surface area contributed by atoms with E-state index in [4.69, 9.17) is 5.73 Å². The SMILES string of the molecule is Nc1nc(-c2ccccc2)c(Br)c2ncnn12. The van der Waals surface area contributed by atoms with Crippen molar-refractivity contribution in [3.8, 4) is 11.3 Å². The van der Waals surface area contributed by atoms with Gasteiger partial charge in [-0.25, -0.2) is 9.97 Å². The molecule has 6 heteroatoms. The molecule has 0 atom stereocenters. The molecular weight excluding hydrogens is 282 g/mol. The summed E-state index contributed by atoms with van der Waals surface area (Å²) in [5.74, 6) is 0.319. The standard InChI is InChI=1S/C11H8BrN5/c12-8-9(7-4-2-1-3-5-7)16-11(13)17-10(8)14-6-15-17/h1-6H,(H2,13,16). The summed E-state index contributed by atoms with van der Waals surface area (Å²) in [5, 5.41) is 4.00. The van der Waals surface area contributed by atoms with Gasteiger partial charge in [-0.2, -0.15) is 9.61 Å². The van der Waals surface area contributed by atoms with Crippen molar-refractivity contribution in [3.63, 3.8) is 0 Å². The molecule has 0 amide bonds. The molecule has 0 saturated heterocycles. The first kappa shape index (κ1) is 10.2. The number of nitrogen functional groups attached to an aromatic ring is 1. The Balaban J connectivity index is 2.34. The molecule has 2 aromatic heterocycles. The molecule has 0 radical (unpaired) electrons. The summed E-state index contributed by atoms with van der Waals surface area (Å²) >= 11 is 3.49. The summed E-state index contributed by atoms with van der Waals surface area (Å²) in [5.41, 5.74) is 8.25.